The van der Waals surface area contributed by atoms with Crippen molar-refractivity contribution in [2.45, 2.75) is 12.6 Å². The molecule has 1 aliphatic heterocycles. The van der Waals surface area contributed by atoms with Crippen LogP contribution in [0.4, 0.5) is 0 Å². The van der Waals surface area contributed by atoms with Gasteiger partial charge >= 0.3 is 0 Å². The zero-order chi connectivity index (χ0) is 17.2. The zero-order valence-corrected chi connectivity index (χ0v) is 13.5. The van der Waals surface area contributed by atoms with Crippen molar-refractivity contribution in [3.05, 3.63) is 47.9 Å². The molecule has 1 saturated heterocycles. The summed E-state index contributed by atoms with van der Waals surface area (Å²) < 4.78 is 9.78. The van der Waals surface area contributed by atoms with Crippen LogP contribution < -0.4 is 0 Å². The number of aromatic nitrogens is 2. The summed E-state index contributed by atoms with van der Waals surface area (Å²) in [4.78, 5) is 16.2. The second-order valence-corrected chi connectivity index (χ2v) is 6.20. The third-order valence-electron chi connectivity index (χ3n) is 4.41. The quantitative estimate of drug-likeness (QED) is 0.762. The lowest BCUT2D eigenvalue weighted by atomic mass is 10.1. The van der Waals surface area contributed by atoms with Crippen LogP contribution >= 0.6 is 0 Å². The molecule has 1 N–H and O–H groups in total. The van der Waals surface area contributed by atoms with E-state index in [9.17, 15) is 9.90 Å². The summed E-state index contributed by atoms with van der Waals surface area (Å²) in [6, 6.07) is 7.36. The summed E-state index contributed by atoms with van der Waals surface area (Å²) in [5, 5.41) is 18.1. The number of fused-ring (bicyclic) bond motifs is 1. The third-order valence-corrected chi connectivity index (χ3v) is 4.41. The lowest BCUT2D eigenvalue weighted by Gasteiger charge is -2.21. The number of β-amino-alcohol motifs (C(OH)–C–C–N with tert-alkyl or cyclic N) is 1. The van der Waals surface area contributed by atoms with Gasteiger partial charge in [0.25, 0.3) is 5.91 Å². The molecule has 8 nitrogen and oxygen atoms in total. The fraction of sp³-hybridized carbons (Fsp3) is 0.353. The number of aliphatic hydroxyl groups excluding tert-OH is 1. The van der Waals surface area contributed by atoms with Gasteiger partial charge in [-0.1, -0.05) is 12.1 Å². The molecule has 130 valence electrons. The predicted octanol–water partition coefficient (Wildman–Crippen LogP) is 1.13. The van der Waals surface area contributed by atoms with Crippen molar-refractivity contribution in [1.82, 2.24) is 20.1 Å². The van der Waals surface area contributed by atoms with E-state index in [0.29, 0.717) is 43.8 Å². The normalized spacial score (nSPS) is 19.2. The number of hydrogen-bond donors (Lipinski definition) is 1. The van der Waals surface area contributed by atoms with Crippen LogP contribution in [0.2, 0.25) is 0 Å². The van der Waals surface area contributed by atoms with Gasteiger partial charge in [-0.25, -0.2) is 4.63 Å². The van der Waals surface area contributed by atoms with Crippen LogP contribution in [0, 0.1) is 0 Å². The fourth-order valence-electron chi connectivity index (χ4n) is 3.18. The first-order chi connectivity index (χ1) is 12.2. The van der Waals surface area contributed by atoms with Gasteiger partial charge in [0.15, 0.2) is 0 Å². The molecular weight excluding hydrogens is 324 g/mol. The van der Waals surface area contributed by atoms with Crippen LogP contribution in [0.1, 0.15) is 15.9 Å². The maximum Gasteiger partial charge on any atom is 0.257 e. The maximum atomic E-state index is 12.5. The van der Waals surface area contributed by atoms with Gasteiger partial charge in [0.2, 0.25) is 0 Å². The Bertz CT molecular complexity index is 861. The number of hydrogen-bond acceptors (Lipinski definition) is 7. The SMILES string of the molecule is O=C(c1ccoc1)N1CCN(Cc2cccc3nonc23)C[C@H](O)C1. The molecule has 3 heterocycles. The van der Waals surface area contributed by atoms with E-state index in [2.05, 4.69) is 15.2 Å². The first-order valence-corrected chi connectivity index (χ1v) is 8.13. The molecule has 1 fully saturated rings. The summed E-state index contributed by atoms with van der Waals surface area (Å²) in [5.74, 6) is -0.127. The number of furan rings is 1. The van der Waals surface area contributed by atoms with Crippen molar-refractivity contribution in [3.63, 3.8) is 0 Å². The highest BCUT2D eigenvalue weighted by atomic mass is 16.6. The van der Waals surface area contributed by atoms with E-state index in [0.717, 1.165) is 11.1 Å². The number of aliphatic hydroxyl groups is 1. The van der Waals surface area contributed by atoms with Crippen LogP contribution in [-0.2, 0) is 6.54 Å². The Hall–Kier alpha value is -2.71. The van der Waals surface area contributed by atoms with Gasteiger partial charge in [0.1, 0.15) is 17.3 Å². The molecule has 0 saturated carbocycles. The minimum atomic E-state index is -0.618. The number of carbonyl (C=O) groups excluding carboxylic acids is 1. The molecule has 2 aromatic heterocycles. The smallest absolute Gasteiger partial charge is 0.257 e. The molecule has 1 aromatic carbocycles. The van der Waals surface area contributed by atoms with Crippen molar-refractivity contribution in [1.29, 1.82) is 0 Å². The van der Waals surface area contributed by atoms with Crippen molar-refractivity contribution in [2.75, 3.05) is 26.2 Å². The van der Waals surface area contributed by atoms with Crippen molar-refractivity contribution in [2.24, 2.45) is 0 Å². The van der Waals surface area contributed by atoms with Crippen LogP contribution in [0.25, 0.3) is 11.0 Å². The van der Waals surface area contributed by atoms with Gasteiger partial charge in [-0.15, -0.1) is 0 Å². The predicted molar refractivity (Wildman–Crippen MR) is 87.7 cm³/mol. The van der Waals surface area contributed by atoms with E-state index in [-0.39, 0.29) is 5.91 Å². The molecule has 1 amide bonds. The van der Waals surface area contributed by atoms with Crippen LogP contribution in [0.3, 0.4) is 0 Å². The van der Waals surface area contributed by atoms with Gasteiger partial charge in [-0.3, -0.25) is 9.69 Å². The van der Waals surface area contributed by atoms with E-state index < -0.39 is 6.10 Å². The Morgan fingerprint density at radius 2 is 2.16 bits per heavy atom. The highest BCUT2D eigenvalue weighted by Gasteiger charge is 2.26. The van der Waals surface area contributed by atoms with Gasteiger partial charge in [0.05, 0.1) is 17.9 Å². The lowest BCUT2D eigenvalue weighted by molar-refractivity contribution is 0.0662. The van der Waals surface area contributed by atoms with Crippen molar-refractivity contribution in [3.8, 4) is 0 Å². The largest absolute Gasteiger partial charge is 0.472 e. The average Bonchev–Trinajstić information content (AvgIpc) is 3.26. The first kappa shape index (κ1) is 15.8. The Morgan fingerprint density at radius 3 is 3.00 bits per heavy atom. The third kappa shape index (κ3) is 3.26. The average molecular weight is 342 g/mol. The standard InChI is InChI=1S/C17H18N4O4/c22-14-9-20(8-12-2-1-3-15-16(12)19-25-18-15)5-6-21(10-14)17(23)13-4-7-24-11-13/h1-4,7,11,14,22H,5-6,8-10H2/t14-/m0/s1. The molecule has 3 aromatic rings. The summed E-state index contributed by atoms with van der Waals surface area (Å²) in [7, 11) is 0. The van der Waals surface area contributed by atoms with Crippen molar-refractivity contribution < 1.29 is 18.9 Å². The molecule has 0 bridgehead atoms. The zero-order valence-electron chi connectivity index (χ0n) is 13.5. The van der Waals surface area contributed by atoms with Gasteiger partial charge in [-0.05, 0) is 28.0 Å². The Labute approximate surface area is 143 Å². The Kier molecular flexibility index (Phi) is 4.21. The molecule has 0 unspecified atom stereocenters. The summed E-state index contributed by atoms with van der Waals surface area (Å²) in [6.07, 6.45) is 2.28. The van der Waals surface area contributed by atoms with E-state index in [1.54, 1.807) is 11.0 Å². The van der Waals surface area contributed by atoms with Crippen LogP contribution in [-0.4, -0.2) is 63.4 Å². The van der Waals surface area contributed by atoms with Crippen molar-refractivity contribution >= 4 is 16.9 Å². The second-order valence-electron chi connectivity index (χ2n) is 6.20. The topological polar surface area (TPSA) is 95.8 Å². The van der Waals surface area contributed by atoms with Gasteiger partial charge in [0, 0.05) is 32.7 Å². The molecule has 8 heteroatoms. The maximum absolute atomic E-state index is 12.5. The molecule has 1 aliphatic rings. The lowest BCUT2D eigenvalue weighted by Crippen LogP contribution is -2.37. The number of benzene rings is 1. The molecule has 0 radical (unpaired) electrons. The minimum Gasteiger partial charge on any atom is -0.472 e. The molecular formula is C17H18N4O4. The first-order valence-electron chi connectivity index (χ1n) is 8.13. The molecule has 1 atom stereocenters. The van der Waals surface area contributed by atoms with Gasteiger partial charge in [-0.2, -0.15) is 0 Å². The fourth-order valence-corrected chi connectivity index (χ4v) is 3.18. The summed E-state index contributed by atoms with van der Waals surface area (Å²) >= 11 is 0. The molecule has 25 heavy (non-hydrogen) atoms. The number of nitrogens with zero attached hydrogens (tertiary/aromatic N) is 4. The minimum absolute atomic E-state index is 0.127. The van der Waals surface area contributed by atoms with E-state index in [1.165, 1.54) is 12.5 Å². The van der Waals surface area contributed by atoms with E-state index >= 15 is 0 Å². The van der Waals surface area contributed by atoms with Gasteiger partial charge < -0.3 is 14.4 Å². The van der Waals surface area contributed by atoms with Crippen LogP contribution in [0.15, 0.2) is 45.8 Å². The Balaban J connectivity index is 1.48. The number of amides is 1. The van der Waals surface area contributed by atoms with Crippen LogP contribution in [0.5, 0.6) is 0 Å². The van der Waals surface area contributed by atoms with E-state index in [4.69, 9.17) is 9.05 Å². The van der Waals surface area contributed by atoms with E-state index in [1.807, 2.05) is 18.2 Å². The number of carbonyl (C=O) groups is 1. The highest BCUT2D eigenvalue weighted by Crippen LogP contribution is 2.18. The molecule has 0 aliphatic carbocycles. The summed E-state index contributed by atoms with van der Waals surface area (Å²) in [6.45, 7) is 2.58. The summed E-state index contributed by atoms with van der Waals surface area (Å²) in [5.41, 5.74) is 2.93. The number of rotatable bonds is 3. The molecule has 4 rings (SSSR count). The molecule has 0 spiro atoms. The highest BCUT2D eigenvalue weighted by molar-refractivity contribution is 5.93. The Morgan fingerprint density at radius 1 is 1.24 bits per heavy atom. The second kappa shape index (κ2) is 6.66. The monoisotopic (exact) mass is 342 g/mol.